The van der Waals surface area contributed by atoms with E-state index >= 15 is 0 Å². The first-order valence-electron chi connectivity index (χ1n) is 5.62. The second-order valence-electron chi connectivity index (χ2n) is 4.28. The first-order valence-corrected chi connectivity index (χ1v) is 7.73. The molecule has 1 aromatic carbocycles. The second-order valence-corrected chi connectivity index (χ2v) is 6.16. The van der Waals surface area contributed by atoms with Crippen LogP contribution in [0.2, 0.25) is 5.02 Å². The van der Waals surface area contributed by atoms with E-state index in [0.29, 0.717) is 27.9 Å². The second kappa shape index (κ2) is 5.66. The van der Waals surface area contributed by atoms with Crippen molar-refractivity contribution < 1.29 is 4.21 Å². The molecule has 1 heterocycles. The predicted octanol–water partition coefficient (Wildman–Crippen LogP) is 1.52. The third-order valence-corrected chi connectivity index (χ3v) is 3.88. The summed E-state index contributed by atoms with van der Waals surface area (Å²) in [6, 6.07) is 5.08. The summed E-state index contributed by atoms with van der Waals surface area (Å²) < 4.78 is 12.9. The van der Waals surface area contributed by atoms with Crippen molar-refractivity contribution >= 4 is 28.1 Å². The molecule has 0 saturated carbocycles. The first kappa shape index (κ1) is 14.0. The van der Waals surface area contributed by atoms with Crippen LogP contribution < -0.4 is 5.73 Å². The number of hydrogen-bond donors (Lipinski definition) is 1. The van der Waals surface area contributed by atoms with Gasteiger partial charge in [-0.15, -0.1) is 5.10 Å². The molecule has 1 aromatic heterocycles. The van der Waals surface area contributed by atoms with Crippen molar-refractivity contribution in [3.8, 4) is 11.4 Å². The SMILES string of the molecule is CC(CS(C)=O)n1nnnc1-c1ccc(N)cc1Cl. The number of nitrogens with two attached hydrogens (primary N) is 1. The molecule has 19 heavy (non-hydrogen) atoms. The third-order valence-electron chi connectivity index (χ3n) is 2.62. The zero-order chi connectivity index (χ0) is 14.0. The molecule has 2 rings (SSSR count). The topological polar surface area (TPSA) is 86.7 Å². The van der Waals surface area contributed by atoms with E-state index in [-0.39, 0.29) is 6.04 Å². The largest absolute Gasteiger partial charge is 0.399 e. The molecule has 0 spiro atoms. The molecule has 2 unspecified atom stereocenters. The van der Waals surface area contributed by atoms with Crippen LogP contribution in [0.1, 0.15) is 13.0 Å². The van der Waals surface area contributed by atoms with Gasteiger partial charge in [0.05, 0.1) is 11.1 Å². The Morgan fingerprint density at radius 2 is 2.26 bits per heavy atom. The van der Waals surface area contributed by atoms with Crippen molar-refractivity contribution in [1.82, 2.24) is 20.2 Å². The molecule has 0 aliphatic carbocycles. The number of nitrogen functional groups attached to an aromatic ring is 1. The smallest absolute Gasteiger partial charge is 0.183 e. The quantitative estimate of drug-likeness (QED) is 0.865. The van der Waals surface area contributed by atoms with E-state index in [0.717, 1.165) is 0 Å². The molecule has 2 N–H and O–H groups in total. The maximum absolute atomic E-state index is 11.3. The lowest BCUT2D eigenvalue weighted by Gasteiger charge is -2.12. The average molecular weight is 300 g/mol. The molecule has 2 aromatic rings. The molecule has 0 aliphatic heterocycles. The Morgan fingerprint density at radius 3 is 2.89 bits per heavy atom. The fraction of sp³-hybridized carbons (Fsp3) is 0.364. The van der Waals surface area contributed by atoms with Crippen LogP contribution in [0.5, 0.6) is 0 Å². The highest BCUT2D eigenvalue weighted by atomic mass is 35.5. The minimum atomic E-state index is -0.923. The lowest BCUT2D eigenvalue weighted by molar-refractivity contribution is 0.521. The number of tetrazole rings is 1. The highest BCUT2D eigenvalue weighted by Gasteiger charge is 2.17. The Hall–Kier alpha value is -1.47. The summed E-state index contributed by atoms with van der Waals surface area (Å²) in [5.41, 5.74) is 6.94. The van der Waals surface area contributed by atoms with E-state index in [1.165, 1.54) is 0 Å². The monoisotopic (exact) mass is 299 g/mol. The fourth-order valence-electron chi connectivity index (χ4n) is 1.79. The van der Waals surface area contributed by atoms with Crippen LogP contribution >= 0.6 is 11.6 Å². The molecule has 0 amide bonds. The van der Waals surface area contributed by atoms with Crippen molar-refractivity contribution in [2.24, 2.45) is 0 Å². The highest BCUT2D eigenvalue weighted by Crippen LogP contribution is 2.28. The number of nitrogens with zero attached hydrogens (tertiary/aromatic N) is 4. The molecule has 0 radical (unpaired) electrons. The van der Waals surface area contributed by atoms with Crippen molar-refractivity contribution in [2.45, 2.75) is 13.0 Å². The third kappa shape index (κ3) is 3.10. The lowest BCUT2D eigenvalue weighted by Crippen LogP contribution is -2.15. The van der Waals surface area contributed by atoms with E-state index < -0.39 is 10.8 Å². The number of aromatic nitrogens is 4. The lowest BCUT2D eigenvalue weighted by atomic mass is 10.2. The van der Waals surface area contributed by atoms with Crippen molar-refractivity contribution in [3.63, 3.8) is 0 Å². The first-order chi connectivity index (χ1) is 8.99. The van der Waals surface area contributed by atoms with E-state index in [2.05, 4.69) is 15.5 Å². The van der Waals surface area contributed by atoms with Gasteiger partial charge in [0, 0.05) is 34.1 Å². The van der Waals surface area contributed by atoms with Gasteiger partial charge < -0.3 is 5.73 Å². The van der Waals surface area contributed by atoms with Crippen LogP contribution in [-0.2, 0) is 10.8 Å². The minimum absolute atomic E-state index is 0.0792. The van der Waals surface area contributed by atoms with Gasteiger partial charge >= 0.3 is 0 Å². The maximum Gasteiger partial charge on any atom is 0.183 e. The Kier molecular flexibility index (Phi) is 4.16. The molecular formula is C11H14ClN5OS. The standard InChI is InChI=1S/C11H14ClN5OS/c1-7(6-19(2)18)17-11(14-15-16-17)9-4-3-8(13)5-10(9)12/h3-5,7H,6,13H2,1-2H3. The highest BCUT2D eigenvalue weighted by molar-refractivity contribution is 7.84. The summed E-state index contributed by atoms with van der Waals surface area (Å²) in [5, 5.41) is 12.1. The van der Waals surface area contributed by atoms with E-state index in [1.807, 2.05) is 6.92 Å². The summed E-state index contributed by atoms with van der Waals surface area (Å²) in [4.78, 5) is 0. The van der Waals surface area contributed by atoms with Crippen molar-refractivity contribution in [2.75, 3.05) is 17.7 Å². The zero-order valence-electron chi connectivity index (χ0n) is 10.6. The molecule has 0 aliphatic rings. The maximum atomic E-state index is 11.3. The van der Waals surface area contributed by atoms with Crippen molar-refractivity contribution in [1.29, 1.82) is 0 Å². The van der Waals surface area contributed by atoms with Crippen LogP contribution in [-0.4, -0.2) is 36.4 Å². The van der Waals surface area contributed by atoms with Crippen LogP contribution in [0, 0.1) is 0 Å². The fourth-order valence-corrected chi connectivity index (χ4v) is 2.88. The van der Waals surface area contributed by atoms with E-state index in [4.69, 9.17) is 17.3 Å². The van der Waals surface area contributed by atoms with Gasteiger partial charge in [-0.1, -0.05) is 11.6 Å². The number of anilines is 1. The number of halogens is 1. The normalized spacial score (nSPS) is 14.3. The van der Waals surface area contributed by atoms with Crippen LogP contribution in [0.25, 0.3) is 11.4 Å². The molecule has 8 heteroatoms. The summed E-state index contributed by atoms with van der Waals surface area (Å²) in [6.45, 7) is 1.91. The summed E-state index contributed by atoms with van der Waals surface area (Å²) in [5.74, 6) is 1.02. The molecule has 0 fully saturated rings. The van der Waals surface area contributed by atoms with Crippen molar-refractivity contribution in [3.05, 3.63) is 23.2 Å². The number of rotatable bonds is 4. The molecular weight excluding hydrogens is 286 g/mol. The minimum Gasteiger partial charge on any atom is -0.399 e. The number of hydrogen-bond acceptors (Lipinski definition) is 5. The molecule has 0 bridgehead atoms. The Balaban J connectivity index is 2.41. The number of benzene rings is 1. The van der Waals surface area contributed by atoms with Gasteiger partial charge in [0.25, 0.3) is 0 Å². The summed E-state index contributed by atoms with van der Waals surface area (Å²) in [6.07, 6.45) is 1.65. The van der Waals surface area contributed by atoms with E-state index in [1.54, 1.807) is 29.1 Å². The molecule has 102 valence electrons. The molecule has 2 atom stereocenters. The molecule has 6 nitrogen and oxygen atoms in total. The Bertz CT molecular complexity index is 615. The van der Waals surface area contributed by atoms with Gasteiger partial charge in [0.1, 0.15) is 0 Å². The zero-order valence-corrected chi connectivity index (χ0v) is 12.1. The van der Waals surface area contributed by atoms with E-state index in [9.17, 15) is 4.21 Å². The van der Waals surface area contributed by atoms with Crippen LogP contribution in [0.3, 0.4) is 0 Å². The van der Waals surface area contributed by atoms with Gasteiger partial charge in [-0.05, 0) is 35.5 Å². The van der Waals surface area contributed by atoms with Gasteiger partial charge in [-0.3, -0.25) is 4.21 Å². The van der Waals surface area contributed by atoms with Gasteiger partial charge in [-0.2, -0.15) is 0 Å². The summed E-state index contributed by atoms with van der Waals surface area (Å²) >= 11 is 6.15. The van der Waals surface area contributed by atoms with Crippen LogP contribution in [0.15, 0.2) is 18.2 Å². The van der Waals surface area contributed by atoms with Gasteiger partial charge in [0.2, 0.25) is 0 Å². The summed E-state index contributed by atoms with van der Waals surface area (Å²) in [7, 11) is -0.923. The Morgan fingerprint density at radius 1 is 1.53 bits per heavy atom. The molecule has 0 saturated heterocycles. The van der Waals surface area contributed by atoms with Gasteiger partial charge in [0.15, 0.2) is 5.82 Å². The predicted molar refractivity (Wildman–Crippen MR) is 76.3 cm³/mol. The van der Waals surface area contributed by atoms with Gasteiger partial charge in [-0.25, -0.2) is 4.68 Å². The average Bonchev–Trinajstić information content (AvgIpc) is 2.76. The Labute approximate surface area is 118 Å². The van der Waals surface area contributed by atoms with Crippen LogP contribution in [0.4, 0.5) is 5.69 Å².